The van der Waals surface area contributed by atoms with Gasteiger partial charge in [-0.2, -0.15) is 5.26 Å². The second-order valence-electron chi connectivity index (χ2n) is 5.99. The molecule has 0 aliphatic heterocycles. The van der Waals surface area contributed by atoms with Crippen molar-refractivity contribution < 1.29 is 9.59 Å². The molecule has 0 saturated heterocycles. The summed E-state index contributed by atoms with van der Waals surface area (Å²) in [6.07, 6.45) is 4.78. The molecule has 0 bridgehead atoms. The molecule has 0 fully saturated rings. The molecule has 0 saturated carbocycles. The van der Waals surface area contributed by atoms with E-state index >= 15 is 0 Å². The topological polar surface area (TPSA) is 107 Å². The van der Waals surface area contributed by atoms with Crippen molar-refractivity contribution in [1.82, 2.24) is 10.3 Å². The first-order valence-corrected chi connectivity index (χ1v) is 8.47. The van der Waals surface area contributed by atoms with Crippen molar-refractivity contribution in [2.75, 3.05) is 23.7 Å². The van der Waals surface area contributed by atoms with E-state index in [9.17, 15) is 9.59 Å². The van der Waals surface area contributed by atoms with Gasteiger partial charge in [-0.25, -0.2) is 4.98 Å². The molecule has 1 aliphatic carbocycles. The van der Waals surface area contributed by atoms with Crippen LogP contribution in [0.1, 0.15) is 23.1 Å². The Morgan fingerprint density at radius 2 is 1.96 bits per heavy atom. The number of aryl methyl sites for hydroxylation is 2. The summed E-state index contributed by atoms with van der Waals surface area (Å²) in [5.74, 6) is -0.945. The third kappa shape index (κ3) is 4.16. The van der Waals surface area contributed by atoms with Crippen LogP contribution in [0.3, 0.4) is 0 Å². The number of amides is 2. The van der Waals surface area contributed by atoms with E-state index in [4.69, 9.17) is 5.26 Å². The highest BCUT2D eigenvalue weighted by Crippen LogP contribution is 2.24. The van der Waals surface area contributed by atoms with E-state index < -0.39 is 11.8 Å². The Morgan fingerprint density at radius 3 is 2.81 bits per heavy atom. The Kier molecular flexibility index (Phi) is 5.44. The largest absolute Gasteiger partial charge is 0.367 e. The van der Waals surface area contributed by atoms with Crippen LogP contribution in [0, 0.1) is 11.3 Å². The minimum Gasteiger partial charge on any atom is -0.367 e. The standard InChI is InChI=1S/C19H19N5O2/c20-12-15-5-2-8-21-17(15)22-9-10-23-18(25)19(26)24-16-7-6-13-3-1-4-14(13)11-16/h2,5-8,11H,1,3-4,9-10H2,(H,21,22)(H,23,25)(H,24,26). The lowest BCUT2D eigenvalue weighted by atomic mass is 10.1. The molecule has 7 nitrogen and oxygen atoms in total. The molecule has 2 amide bonds. The molecule has 0 spiro atoms. The molecule has 2 aromatic rings. The quantitative estimate of drug-likeness (QED) is 0.561. The van der Waals surface area contributed by atoms with Crippen molar-refractivity contribution in [3.63, 3.8) is 0 Å². The summed E-state index contributed by atoms with van der Waals surface area (Å²) < 4.78 is 0. The highest BCUT2D eigenvalue weighted by atomic mass is 16.2. The van der Waals surface area contributed by atoms with E-state index in [0.29, 0.717) is 23.6 Å². The molecule has 132 valence electrons. The molecule has 3 rings (SSSR count). The second-order valence-corrected chi connectivity index (χ2v) is 5.99. The normalized spacial score (nSPS) is 12.0. The molecule has 0 atom stereocenters. The van der Waals surface area contributed by atoms with Gasteiger partial charge in [0.25, 0.3) is 0 Å². The van der Waals surface area contributed by atoms with E-state index in [2.05, 4.69) is 20.9 Å². The fourth-order valence-electron chi connectivity index (χ4n) is 2.91. The molecule has 1 aromatic carbocycles. The summed E-state index contributed by atoms with van der Waals surface area (Å²) in [5.41, 5.74) is 3.60. The number of aromatic nitrogens is 1. The number of pyridine rings is 1. The molecule has 1 aromatic heterocycles. The van der Waals surface area contributed by atoms with Crippen LogP contribution < -0.4 is 16.0 Å². The van der Waals surface area contributed by atoms with E-state index in [1.165, 1.54) is 11.1 Å². The number of nitrogens with zero attached hydrogens (tertiary/aromatic N) is 2. The third-order valence-electron chi connectivity index (χ3n) is 4.19. The molecule has 1 heterocycles. The fourth-order valence-corrected chi connectivity index (χ4v) is 2.91. The van der Waals surface area contributed by atoms with Gasteiger partial charge in [-0.3, -0.25) is 9.59 Å². The molecule has 3 N–H and O–H groups in total. The molecule has 0 radical (unpaired) electrons. The Morgan fingerprint density at radius 1 is 1.12 bits per heavy atom. The maximum absolute atomic E-state index is 12.0. The Hall–Kier alpha value is -3.40. The summed E-state index contributed by atoms with van der Waals surface area (Å²) in [5, 5.41) is 17.1. The number of benzene rings is 1. The summed E-state index contributed by atoms with van der Waals surface area (Å²) in [6, 6.07) is 11.1. The van der Waals surface area contributed by atoms with E-state index in [1.807, 2.05) is 24.3 Å². The van der Waals surface area contributed by atoms with Gasteiger partial charge in [-0.15, -0.1) is 0 Å². The number of carbonyl (C=O) groups is 2. The Balaban J connectivity index is 1.44. The summed E-state index contributed by atoms with van der Waals surface area (Å²) >= 11 is 0. The maximum Gasteiger partial charge on any atom is 0.313 e. The number of fused-ring (bicyclic) bond motifs is 1. The van der Waals surface area contributed by atoms with Gasteiger partial charge >= 0.3 is 11.8 Å². The Bertz CT molecular complexity index is 872. The van der Waals surface area contributed by atoms with E-state index in [1.54, 1.807) is 18.3 Å². The predicted octanol–water partition coefficient (Wildman–Crippen LogP) is 1.61. The van der Waals surface area contributed by atoms with Crippen LogP contribution in [0.4, 0.5) is 11.5 Å². The van der Waals surface area contributed by atoms with Gasteiger partial charge in [0.1, 0.15) is 11.9 Å². The predicted molar refractivity (Wildman–Crippen MR) is 97.5 cm³/mol. The van der Waals surface area contributed by atoms with Gasteiger partial charge in [0.2, 0.25) is 0 Å². The van der Waals surface area contributed by atoms with Crippen LogP contribution in [0.2, 0.25) is 0 Å². The molecule has 7 heteroatoms. The smallest absolute Gasteiger partial charge is 0.313 e. The molecule has 0 unspecified atom stereocenters. The fraction of sp³-hybridized carbons (Fsp3) is 0.263. The maximum atomic E-state index is 12.0. The zero-order chi connectivity index (χ0) is 18.4. The number of nitriles is 1. The number of nitrogens with one attached hydrogen (secondary N) is 3. The number of hydrogen-bond donors (Lipinski definition) is 3. The lowest BCUT2D eigenvalue weighted by Crippen LogP contribution is -2.37. The van der Waals surface area contributed by atoms with Crippen LogP contribution in [-0.2, 0) is 22.4 Å². The lowest BCUT2D eigenvalue weighted by molar-refractivity contribution is -0.136. The van der Waals surface area contributed by atoms with Crippen LogP contribution in [0.15, 0.2) is 36.5 Å². The van der Waals surface area contributed by atoms with Crippen molar-refractivity contribution >= 4 is 23.3 Å². The lowest BCUT2D eigenvalue weighted by Gasteiger charge is -2.09. The first kappa shape index (κ1) is 17.4. The van der Waals surface area contributed by atoms with E-state index in [-0.39, 0.29) is 6.54 Å². The minimum absolute atomic E-state index is 0.234. The van der Waals surface area contributed by atoms with Crippen molar-refractivity contribution in [3.05, 3.63) is 53.2 Å². The summed E-state index contributed by atoms with van der Waals surface area (Å²) in [6.45, 7) is 0.585. The summed E-state index contributed by atoms with van der Waals surface area (Å²) in [7, 11) is 0. The summed E-state index contributed by atoms with van der Waals surface area (Å²) in [4.78, 5) is 27.9. The SMILES string of the molecule is N#Cc1cccnc1NCCNC(=O)C(=O)Nc1ccc2c(c1)CCC2. The highest BCUT2D eigenvalue weighted by molar-refractivity contribution is 6.39. The average Bonchev–Trinajstić information content (AvgIpc) is 3.13. The van der Waals surface area contributed by atoms with Gasteiger partial charge in [-0.05, 0) is 54.7 Å². The molecule has 26 heavy (non-hydrogen) atoms. The van der Waals surface area contributed by atoms with Crippen molar-refractivity contribution in [1.29, 1.82) is 5.26 Å². The highest BCUT2D eigenvalue weighted by Gasteiger charge is 2.15. The number of anilines is 2. The second kappa shape index (κ2) is 8.12. The molecular formula is C19H19N5O2. The number of rotatable bonds is 5. The van der Waals surface area contributed by atoms with Crippen molar-refractivity contribution in [2.24, 2.45) is 0 Å². The van der Waals surface area contributed by atoms with Gasteiger partial charge in [0.15, 0.2) is 0 Å². The van der Waals surface area contributed by atoms with Crippen molar-refractivity contribution in [3.8, 4) is 6.07 Å². The monoisotopic (exact) mass is 349 g/mol. The zero-order valence-corrected chi connectivity index (χ0v) is 14.2. The van der Waals surface area contributed by atoms with Gasteiger partial charge in [0.05, 0.1) is 5.56 Å². The molecular weight excluding hydrogens is 330 g/mol. The van der Waals surface area contributed by atoms with Gasteiger partial charge < -0.3 is 16.0 Å². The third-order valence-corrected chi connectivity index (χ3v) is 4.19. The minimum atomic E-state index is -0.700. The number of carbonyl (C=O) groups excluding carboxylic acids is 2. The number of hydrogen-bond acceptors (Lipinski definition) is 5. The van der Waals surface area contributed by atoms with Crippen LogP contribution in [-0.4, -0.2) is 29.9 Å². The molecule has 1 aliphatic rings. The van der Waals surface area contributed by atoms with Crippen LogP contribution in [0.25, 0.3) is 0 Å². The van der Waals surface area contributed by atoms with Gasteiger partial charge in [-0.1, -0.05) is 6.07 Å². The zero-order valence-electron chi connectivity index (χ0n) is 14.2. The average molecular weight is 349 g/mol. The van der Waals surface area contributed by atoms with Crippen molar-refractivity contribution in [2.45, 2.75) is 19.3 Å². The first-order valence-electron chi connectivity index (χ1n) is 8.47. The van der Waals surface area contributed by atoms with Gasteiger partial charge in [0, 0.05) is 25.0 Å². The van der Waals surface area contributed by atoms with Crippen LogP contribution >= 0.6 is 0 Å². The Labute approximate surface area is 151 Å². The first-order chi connectivity index (χ1) is 12.7. The van der Waals surface area contributed by atoms with E-state index in [0.717, 1.165) is 19.3 Å². The van der Waals surface area contributed by atoms with Crippen LogP contribution in [0.5, 0.6) is 0 Å².